The first kappa shape index (κ1) is 19.6. The summed E-state index contributed by atoms with van der Waals surface area (Å²) >= 11 is 0.821. The summed E-state index contributed by atoms with van der Waals surface area (Å²) in [5, 5.41) is 10.7. The molecule has 4 N–H and O–H groups in total. The first-order chi connectivity index (χ1) is 12.3. The Morgan fingerprint density at radius 3 is 2.50 bits per heavy atom. The van der Waals surface area contributed by atoms with Crippen molar-refractivity contribution in [2.45, 2.75) is 24.3 Å². The van der Waals surface area contributed by atoms with Gasteiger partial charge < -0.3 is 11.2 Å². The molecule has 0 saturated heterocycles. The molecular weight excluding hydrogens is 373 g/mol. The average Bonchev–Trinajstić information content (AvgIpc) is 2.95. The van der Waals surface area contributed by atoms with Crippen molar-refractivity contribution in [3.8, 4) is 0 Å². The van der Waals surface area contributed by atoms with Crippen LogP contribution in [0.1, 0.15) is 17.8 Å². The maximum Gasteiger partial charge on any atom is 0.453 e. The molecule has 2 rings (SSSR count). The molecule has 2 aromatic rings. The van der Waals surface area contributed by atoms with E-state index in [-0.39, 0.29) is 23.9 Å². The summed E-state index contributed by atoms with van der Waals surface area (Å²) in [6.07, 6.45) is -4.83. The van der Waals surface area contributed by atoms with Crippen LogP contribution in [0.3, 0.4) is 0 Å². The molecule has 0 bridgehead atoms. The van der Waals surface area contributed by atoms with E-state index >= 15 is 0 Å². The van der Waals surface area contributed by atoms with Crippen LogP contribution in [-0.4, -0.2) is 32.6 Å². The van der Waals surface area contributed by atoms with E-state index in [4.69, 9.17) is 5.84 Å². The number of nitrogens with two attached hydrogens (primary N) is 1. The minimum absolute atomic E-state index is 0.0744. The molecule has 0 unspecified atom stereocenters. The van der Waals surface area contributed by atoms with Gasteiger partial charge in [-0.25, -0.2) is 9.47 Å². The summed E-state index contributed by atoms with van der Waals surface area (Å²) in [6.45, 7) is 0.255. The summed E-state index contributed by atoms with van der Waals surface area (Å²) < 4.78 is 37.9. The number of benzene rings is 1. The number of imide groups is 1. The van der Waals surface area contributed by atoms with E-state index in [1.54, 1.807) is 0 Å². The Kier molecular flexibility index (Phi) is 6.44. The Morgan fingerprint density at radius 2 is 1.88 bits per heavy atom. The number of aromatic nitrogens is 3. The number of thioether (sulfide) groups is 1. The largest absolute Gasteiger partial charge is 0.453 e. The lowest BCUT2D eigenvalue weighted by Crippen LogP contribution is -2.39. The Morgan fingerprint density at radius 1 is 1.19 bits per heavy atom. The zero-order valence-corrected chi connectivity index (χ0v) is 14.1. The molecule has 0 saturated carbocycles. The number of rotatable bonds is 6. The highest BCUT2D eigenvalue weighted by molar-refractivity contribution is 7.99. The van der Waals surface area contributed by atoms with E-state index in [1.165, 1.54) is 0 Å². The van der Waals surface area contributed by atoms with Gasteiger partial charge in [0.1, 0.15) is 0 Å². The molecule has 3 amide bonds. The molecule has 12 heteroatoms. The second kappa shape index (κ2) is 8.56. The van der Waals surface area contributed by atoms with Crippen molar-refractivity contribution in [2.75, 3.05) is 11.6 Å². The molecule has 1 heterocycles. The van der Waals surface area contributed by atoms with E-state index in [0.29, 0.717) is 4.68 Å². The van der Waals surface area contributed by atoms with Crippen molar-refractivity contribution in [3.05, 3.63) is 41.7 Å². The van der Waals surface area contributed by atoms with Crippen molar-refractivity contribution in [3.63, 3.8) is 0 Å². The van der Waals surface area contributed by atoms with E-state index in [2.05, 4.69) is 20.8 Å². The van der Waals surface area contributed by atoms with Gasteiger partial charge >= 0.3 is 12.2 Å². The Hall–Kier alpha value is -2.76. The molecule has 0 aliphatic carbocycles. The molecule has 0 radical (unpaired) electrons. The predicted octanol–water partition coefficient (Wildman–Crippen LogP) is 1.52. The zero-order chi connectivity index (χ0) is 19.2. The zero-order valence-electron chi connectivity index (χ0n) is 13.3. The van der Waals surface area contributed by atoms with Crippen LogP contribution in [0.2, 0.25) is 0 Å². The maximum atomic E-state index is 12.5. The fourth-order valence-corrected chi connectivity index (χ4v) is 2.61. The number of nitrogen functional groups attached to an aromatic ring is 1. The summed E-state index contributed by atoms with van der Waals surface area (Å²) in [7, 11) is 0. The smallest absolute Gasteiger partial charge is 0.335 e. The summed E-state index contributed by atoms with van der Waals surface area (Å²) in [4.78, 5) is 23.3. The van der Waals surface area contributed by atoms with Crippen molar-refractivity contribution >= 4 is 23.7 Å². The van der Waals surface area contributed by atoms with Gasteiger partial charge in [0.25, 0.3) is 5.82 Å². The molecule has 1 aromatic carbocycles. The molecule has 1 aromatic heterocycles. The number of carbonyl (C=O) groups excluding carboxylic acids is 2. The number of urea groups is 1. The molecule has 0 aliphatic rings. The number of nitrogens with zero attached hydrogens (tertiary/aromatic N) is 3. The van der Waals surface area contributed by atoms with Crippen LogP contribution in [0.25, 0.3) is 0 Å². The SMILES string of the molecule is Nn1c(SCCC(=O)NC(=O)NCc2ccccc2)nnc1C(F)(F)F. The van der Waals surface area contributed by atoms with Crippen molar-refractivity contribution in [1.29, 1.82) is 0 Å². The monoisotopic (exact) mass is 388 g/mol. The molecule has 0 spiro atoms. The fraction of sp³-hybridized carbons (Fsp3) is 0.286. The van der Waals surface area contributed by atoms with Crippen LogP contribution in [0, 0.1) is 0 Å². The average molecular weight is 388 g/mol. The molecule has 0 atom stereocenters. The Bertz CT molecular complexity index is 766. The van der Waals surface area contributed by atoms with E-state index < -0.39 is 23.9 Å². The van der Waals surface area contributed by atoms with Crippen molar-refractivity contribution < 1.29 is 22.8 Å². The first-order valence-electron chi connectivity index (χ1n) is 7.29. The lowest BCUT2D eigenvalue weighted by atomic mass is 10.2. The van der Waals surface area contributed by atoms with Gasteiger partial charge in [-0.2, -0.15) is 13.2 Å². The second-order valence-corrected chi connectivity index (χ2v) is 6.05. The molecule has 0 fully saturated rings. The van der Waals surface area contributed by atoms with E-state index in [1.807, 2.05) is 30.3 Å². The Labute approximate surface area is 150 Å². The first-order valence-corrected chi connectivity index (χ1v) is 8.28. The van der Waals surface area contributed by atoms with Gasteiger partial charge in [-0.05, 0) is 5.56 Å². The summed E-state index contributed by atoms with van der Waals surface area (Å²) in [5.41, 5.74) is 0.869. The van der Waals surface area contributed by atoms with Crippen LogP contribution in [0.5, 0.6) is 0 Å². The van der Waals surface area contributed by atoms with Gasteiger partial charge in [-0.15, -0.1) is 10.2 Å². The maximum absolute atomic E-state index is 12.5. The third kappa shape index (κ3) is 5.65. The number of amides is 3. The third-order valence-electron chi connectivity index (χ3n) is 3.03. The quantitative estimate of drug-likeness (QED) is 0.511. The minimum atomic E-state index is -4.71. The van der Waals surface area contributed by atoms with Crippen molar-refractivity contribution in [2.24, 2.45) is 0 Å². The van der Waals surface area contributed by atoms with Crippen LogP contribution in [0.4, 0.5) is 18.0 Å². The summed E-state index contributed by atoms with van der Waals surface area (Å²) in [6, 6.07) is 8.44. The minimum Gasteiger partial charge on any atom is -0.335 e. The van der Waals surface area contributed by atoms with Gasteiger partial charge in [0.05, 0.1) is 0 Å². The van der Waals surface area contributed by atoms with Gasteiger partial charge in [0.2, 0.25) is 11.1 Å². The number of alkyl halides is 3. The molecule has 26 heavy (non-hydrogen) atoms. The molecule has 140 valence electrons. The number of hydrogen-bond donors (Lipinski definition) is 3. The fourth-order valence-electron chi connectivity index (χ4n) is 1.82. The molecule has 8 nitrogen and oxygen atoms in total. The second-order valence-electron chi connectivity index (χ2n) is 4.99. The topological polar surface area (TPSA) is 115 Å². The van der Waals surface area contributed by atoms with Gasteiger partial charge in [-0.1, -0.05) is 42.1 Å². The highest BCUT2D eigenvalue weighted by Gasteiger charge is 2.38. The standard InChI is InChI=1S/C14H15F3N6O2S/c15-14(16,17)11-21-22-13(23(11)18)26-7-6-10(24)20-12(25)19-8-9-4-2-1-3-5-9/h1-5H,6-8,18H2,(H2,19,20,24,25). The van der Waals surface area contributed by atoms with Crippen LogP contribution in [0.15, 0.2) is 35.5 Å². The molecule has 0 aliphatic heterocycles. The lowest BCUT2D eigenvalue weighted by molar-refractivity contribution is -0.146. The van der Waals surface area contributed by atoms with Gasteiger partial charge in [0.15, 0.2) is 0 Å². The highest BCUT2D eigenvalue weighted by atomic mass is 32.2. The summed E-state index contributed by atoms with van der Waals surface area (Å²) in [5.74, 6) is 3.43. The number of halogens is 3. The molecular formula is C14H15F3N6O2S. The Balaban J connectivity index is 1.72. The van der Waals surface area contributed by atoms with Crippen LogP contribution in [-0.2, 0) is 17.5 Å². The van der Waals surface area contributed by atoms with E-state index in [9.17, 15) is 22.8 Å². The van der Waals surface area contributed by atoms with Gasteiger partial charge in [0, 0.05) is 18.7 Å². The highest BCUT2D eigenvalue weighted by Crippen LogP contribution is 2.28. The van der Waals surface area contributed by atoms with Crippen LogP contribution < -0.4 is 16.5 Å². The third-order valence-corrected chi connectivity index (χ3v) is 3.97. The normalized spacial score (nSPS) is 11.2. The van der Waals surface area contributed by atoms with E-state index in [0.717, 1.165) is 17.3 Å². The number of carbonyl (C=O) groups is 2. The number of hydrogen-bond acceptors (Lipinski definition) is 6. The number of nitrogens with one attached hydrogen (secondary N) is 2. The van der Waals surface area contributed by atoms with Crippen molar-refractivity contribution in [1.82, 2.24) is 25.5 Å². The van der Waals surface area contributed by atoms with Crippen LogP contribution >= 0.6 is 11.8 Å². The predicted molar refractivity (Wildman–Crippen MR) is 87.3 cm³/mol. The van der Waals surface area contributed by atoms with Gasteiger partial charge in [-0.3, -0.25) is 10.1 Å². The lowest BCUT2D eigenvalue weighted by Gasteiger charge is -2.07.